The van der Waals surface area contributed by atoms with E-state index in [-0.39, 0.29) is 0 Å². The first-order valence-corrected chi connectivity index (χ1v) is 5.98. The van der Waals surface area contributed by atoms with Crippen LogP contribution in [-0.4, -0.2) is 9.78 Å². The summed E-state index contributed by atoms with van der Waals surface area (Å²) in [6.07, 6.45) is 6.65. The van der Waals surface area contributed by atoms with Gasteiger partial charge in [0.2, 0.25) is 0 Å². The van der Waals surface area contributed by atoms with E-state index in [1.807, 2.05) is 0 Å². The lowest BCUT2D eigenvalue weighted by atomic mass is 9.95. The summed E-state index contributed by atoms with van der Waals surface area (Å²) in [5, 5.41) is 4.64. The molecular weight excluding hydrogens is 186 g/mol. The molecule has 1 aliphatic carbocycles. The molecule has 1 saturated carbocycles. The minimum Gasteiger partial charge on any atom is -0.326 e. The third-order valence-corrected chi connectivity index (χ3v) is 3.60. The molecule has 15 heavy (non-hydrogen) atoms. The molecule has 3 nitrogen and oxygen atoms in total. The fourth-order valence-electron chi connectivity index (χ4n) is 2.67. The topological polar surface area (TPSA) is 43.8 Å². The van der Waals surface area contributed by atoms with Crippen molar-refractivity contribution in [3.8, 4) is 0 Å². The number of nitrogens with zero attached hydrogens (tertiary/aromatic N) is 2. The predicted molar refractivity (Wildman–Crippen MR) is 61.7 cm³/mol. The largest absolute Gasteiger partial charge is 0.326 e. The summed E-state index contributed by atoms with van der Waals surface area (Å²) in [5.41, 5.74) is 9.37. The van der Waals surface area contributed by atoms with Gasteiger partial charge in [-0.15, -0.1) is 0 Å². The van der Waals surface area contributed by atoms with Gasteiger partial charge in [0, 0.05) is 17.8 Å². The molecule has 0 aromatic carbocycles. The Balaban J connectivity index is 2.27. The van der Waals surface area contributed by atoms with Crippen LogP contribution in [0.25, 0.3) is 0 Å². The van der Waals surface area contributed by atoms with Gasteiger partial charge in [-0.1, -0.05) is 19.3 Å². The number of hydrogen-bond acceptors (Lipinski definition) is 2. The normalized spacial score (nSPS) is 18.3. The summed E-state index contributed by atoms with van der Waals surface area (Å²) in [4.78, 5) is 0. The van der Waals surface area contributed by atoms with Crippen molar-refractivity contribution >= 4 is 0 Å². The highest BCUT2D eigenvalue weighted by molar-refractivity contribution is 5.24. The average Bonchev–Trinajstić information content (AvgIpc) is 2.55. The van der Waals surface area contributed by atoms with Gasteiger partial charge in [-0.2, -0.15) is 5.10 Å². The zero-order chi connectivity index (χ0) is 10.8. The van der Waals surface area contributed by atoms with Crippen molar-refractivity contribution in [2.24, 2.45) is 5.73 Å². The maximum Gasteiger partial charge on any atom is 0.0641 e. The van der Waals surface area contributed by atoms with Crippen molar-refractivity contribution in [3.63, 3.8) is 0 Å². The SMILES string of the molecule is Cc1nn(C2CCCCC2)c(C)c1CN. The number of rotatable bonds is 2. The first-order valence-electron chi connectivity index (χ1n) is 5.98. The van der Waals surface area contributed by atoms with Crippen LogP contribution in [-0.2, 0) is 6.54 Å². The Morgan fingerprint density at radius 2 is 1.93 bits per heavy atom. The standard InChI is InChI=1S/C12H21N3/c1-9-12(8-13)10(2)15(14-9)11-6-4-3-5-7-11/h11H,3-8,13H2,1-2H3. The molecule has 1 heterocycles. The summed E-state index contributed by atoms with van der Waals surface area (Å²) >= 11 is 0. The maximum absolute atomic E-state index is 5.74. The lowest BCUT2D eigenvalue weighted by Gasteiger charge is -2.23. The van der Waals surface area contributed by atoms with Crippen LogP contribution in [0.15, 0.2) is 0 Å². The third kappa shape index (κ3) is 1.93. The van der Waals surface area contributed by atoms with Crippen LogP contribution < -0.4 is 5.73 Å². The summed E-state index contributed by atoms with van der Waals surface area (Å²) in [6.45, 7) is 4.83. The Morgan fingerprint density at radius 1 is 1.27 bits per heavy atom. The van der Waals surface area contributed by atoms with Crippen LogP contribution >= 0.6 is 0 Å². The van der Waals surface area contributed by atoms with Crippen LogP contribution in [0.5, 0.6) is 0 Å². The number of aryl methyl sites for hydroxylation is 1. The van der Waals surface area contributed by atoms with Crippen molar-refractivity contribution in [1.82, 2.24) is 9.78 Å². The molecule has 2 rings (SSSR count). The van der Waals surface area contributed by atoms with Crippen LogP contribution in [0.3, 0.4) is 0 Å². The van der Waals surface area contributed by atoms with Gasteiger partial charge in [0.1, 0.15) is 0 Å². The molecule has 84 valence electrons. The van der Waals surface area contributed by atoms with E-state index in [0.717, 1.165) is 5.69 Å². The Morgan fingerprint density at radius 3 is 2.47 bits per heavy atom. The molecule has 2 N–H and O–H groups in total. The van der Waals surface area contributed by atoms with Crippen molar-refractivity contribution in [2.75, 3.05) is 0 Å². The first-order chi connectivity index (χ1) is 7.24. The van der Waals surface area contributed by atoms with E-state index < -0.39 is 0 Å². The van der Waals surface area contributed by atoms with E-state index in [9.17, 15) is 0 Å². The zero-order valence-corrected chi connectivity index (χ0v) is 9.79. The second-order valence-electron chi connectivity index (χ2n) is 4.59. The molecule has 1 aliphatic rings. The second-order valence-corrected chi connectivity index (χ2v) is 4.59. The Labute approximate surface area is 91.7 Å². The summed E-state index contributed by atoms with van der Waals surface area (Å²) in [6, 6.07) is 0.623. The van der Waals surface area contributed by atoms with Crippen LogP contribution in [0.2, 0.25) is 0 Å². The molecule has 0 saturated heterocycles. The quantitative estimate of drug-likeness (QED) is 0.809. The average molecular weight is 207 g/mol. The van der Waals surface area contributed by atoms with Crippen LogP contribution in [0, 0.1) is 13.8 Å². The summed E-state index contributed by atoms with van der Waals surface area (Å²) < 4.78 is 2.22. The van der Waals surface area contributed by atoms with Gasteiger partial charge in [0.25, 0.3) is 0 Å². The smallest absolute Gasteiger partial charge is 0.0641 e. The van der Waals surface area contributed by atoms with Gasteiger partial charge in [0.05, 0.1) is 11.7 Å². The highest BCUT2D eigenvalue weighted by Crippen LogP contribution is 2.29. The maximum atomic E-state index is 5.74. The minimum atomic E-state index is 0.615. The number of nitrogens with two attached hydrogens (primary N) is 1. The van der Waals surface area contributed by atoms with Crippen molar-refractivity contribution < 1.29 is 0 Å². The molecule has 0 spiro atoms. The highest BCUT2D eigenvalue weighted by atomic mass is 15.3. The van der Waals surface area contributed by atoms with E-state index in [1.54, 1.807) is 0 Å². The van der Waals surface area contributed by atoms with Gasteiger partial charge in [-0.05, 0) is 26.7 Å². The molecule has 1 aromatic rings. The molecule has 0 radical (unpaired) electrons. The van der Waals surface area contributed by atoms with Crippen molar-refractivity contribution in [3.05, 3.63) is 17.0 Å². The van der Waals surface area contributed by atoms with E-state index >= 15 is 0 Å². The lowest BCUT2D eigenvalue weighted by molar-refractivity contribution is 0.324. The van der Waals surface area contributed by atoms with Crippen LogP contribution in [0.1, 0.15) is 55.1 Å². The van der Waals surface area contributed by atoms with Crippen LogP contribution in [0.4, 0.5) is 0 Å². The Kier molecular flexibility index (Phi) is 3.10. The van der Waals surface area contributed by atoms with E-state index in [2.05, 4.69) is 23.6 Å². The molecule has 0 bridgehead atoms. The van der Waals surface area contributed by atoms with Gasteiger partial charge in [0.15, 0.2) is 0 Å². The van der Waals surface area contributed by atoms with Gasteiger partial charge >= 0.3 is 0 Å². The van der Waals surface area contributed by atoms with Crippen molar-refractivity contribution in [1.29, 1.82) is 0 Å². The Hall–Kier alpha value is -0.830. The van der Waals surface area contributed by atoms with E-state index in [4.69, 9.17) is 5.73 Å². The molecule has 1 fully saturated rings. The van der Waals surface area contributed by atoms with E-state index in [0.29, 0.717) is 12.6 Å². The van der Waals surface area contributed by atoms with Gasteiger partial charge < -0.3 is 5.73 Å². The second kappa shape index (κ2) is 4.35. The fraction of sp³-hybridized carbons (Fsp3) is 0.750. The number of hydrogen-bond donors (Lipinski definition) is 1. The number of aromatic nitrogens is 2. The highest BCUT2D eigenvalue weighted by Gasteiger charge is 2.20. The summed E-state index contributed by atoms with van der Waals surface area (Å²) in [7, 11) is 0. The zero-order valence-electron chi connectivity index (χ0n) is 9.79. The molecule has 0 aliphatic heterocycles. The van der Waals surface area contributed by atoms with Crippen molar-refractivity contribution in [2.45, 2.75) is 58.5 Å². The first kappa shape index (κ1) is 10.7. The summed E-state index contributed by atoms with van der Waals surface area (Å²) in [5.74, 6) is 0. The Bertz CT molecular complexity index is 335. The predicted octanol–water partition coefficient (Wildman–Crippen LogP) is 2.46. The fourth-order valence-corrected chi connectivity index (χ4v) is 2.67. The molecule has 0 amide bonds. The van der Waals surface area contributed by atoms with Gasteiger partial charge in [-0.3, -0.25) is 4.68 Å². The molecule has 1 aromatic heterocycles. The monoisotopic (exact) mass is 207 g/mol. The van der Waals surface area contributed by atoms with Gasteiger partial charge in [-0.25, -0.2) is 0 Å². The third-order valence-electron chi connectivity index (χ3n) is 3.60. The molecule has 0 atom stereocenters. The molecular formula is C12H21N3. The molecule has 3 heteroatoms. The lowest BCUT2D eigenvalue weighted by Crippen LogP contribution is -2.15. The minimum absolute atomic E-state index is 0.615. The molecule has 0 unspecified atom stereocenters. The van der Waals surface area contributed by atoms with E-state index in [1.165, 1.54) is 43.4 Å².